The Balaban J connectivity index is 1.55. The number of benzene rings is 1. The van der Waals surface area contributed by atoms with Gasteiger partial charge in [0.15, 0.2) is 0 Å². The molecule has 1 aromatic carbocycles. The Morgan fingerprint density at radius 1 is 1.04 bits per heavy atom. The molecule has 0 aliphatic heterocycles. The van der Waals surface area contributed by atoms with Crippen LogP contribution in [0.1, 0.15) is 45.4 Å². The summed E-state index contributed by atoms with van der Waals surface area (Å²) in [6, 6.07) is 5.01. The lowest BCUT2D eigenvalue weighted by Gasteiger charge is -2.59. The van der Waals surface area contributed by atoms with Gasteiger partial charge in [0.1, 0.15) is 5.82 Å². The summed E-state index contributed by atoms with van der Waals surface area (Å²) >= 11 is 0. The predicted octanol–water partition coefficient (Wildman–Crippen LogP) is 3.71. The molecule has 0 amide bonds. The molecule has 23 heavy (non-hydrogen) atoms. The normalized spacial score (nSPS) is 37.0. The minimum absolute atomic E-state index is 0.0639. The standard InChI is InChI=1S/C18H24FNO2S/c1-12(20-23(21,22)17-4-2-16(19)3-5-17)18-9-13-6-14(10-18)8-15(7-13)11-18/h2-5,12-15,20H,6-11H2,1H3/t12-,13?,14?,15?,18?/m1/s1. The number of halogens is 1. The van der Waals surface area contributed by atoms with Gasteiger partial charge in [-0.3, -0.25) is 0 Å². The molecule has 0 saturated heterocycles. The van der Waals surface area contributed by atoms with Crippen LogP contribution in [0, 0.1) is 29.0 Å². The lowest BCUT2D eigenvalue weighted by atomic mass is 9.48. The van der Waals surface area contributed by atoms with Gasteiger partial charge in [-0.2, -0.15) is 0 Å². The predicted molar refractivity (Wildman–Crippen MR) is 86.8 cm³/mol. The zero-order chi connectivity index (χ0) is 16.2. The highest BCUT2D eigenvalue weighted by atomic mass is 32.2. The molecule has 126 valence electrons. The van der Waals surface area contributed by atoms with Crippen LogP contribution in [0.3, 0.4) is 0 Å². The molecule has 0 aromatic heterocycles. The summed E-state index contributed by atoms with van der Waals surface area (Å²) in [5.41, 5.74) is 0.127. The summed E-state index contributed by atoms with van der Waals surface area (Å²) in [5, 5.41) is 0. The zero-order valence-electron chi connectivity index (χ0n) is 13.5. The molecule has 0 radical (unpaired) electrons. The molecule has 1 aromatic rings. The molecule has 1 atom stereocenters. The summed E-state index contributed by atoms with van der Waals surface area (Å²) in [6.45, 7) is 2.02. The fourth-order valence-electron chi connectivity index (χ4n) is 5.75. The third-order valence-corrected chi connectivity index (χ3v) is 8.02. The molecule has 4 fully saturated rings. The second kappa shape index (κ2) is 5.28. The highest BCUT2D eigenvalue weighted by Crippen LogP contribution is 2.61. The quantitative estimate of drug-likeness (QED) is 0.910. The molecular formula is C18H24FNO2S. The van der Waals surface area contributed by atoms with Crippen molar-refractivity contribution in [2.75, 3.05) is 0 Å². The Kier molecular flexibility index (Phi) is 3.58. The Labute approximate surface area is 137 Å². The number of hydrogen-bond donors (Lipinski definition) is 1. The fraction of sp³-hybridized carbons (Fsp3) is 0.667. The van der Waals surface area contributed by atoms with Gasteiger partial charge in [-0.1, -0.05) is 0 Å². The van der Waals surface area contributed by atoms with Gasteiger partial charge in [-0.05, 0) is 92.9 Å². The summed E-state index contributed by atoms with van der Waals surface area (Å²) in [4.78, 5) is 0.149. The molecule has 4 bridgehead atoms. The van der Waals surface area contributed by atoms with Crippen molar-refractivity contribution in [2.45, 2.75) is 56.4 Å². The van der Waals surface area contributed by atoms with Gasteiger partial charge in [-0.25, -0.2) is 17.5 Å². The van der Waals surface area contributed by atoms with Crippen LogP contribution in [0.4, 0.5) is 4.39 Å². The molecule has 0 unspecified atom stereocenters. The van der Waals surface area contributed by atoms with Crippen LogP contribution in [0.5, 0.6) is 0 Å². The average Bonchev–Trinajstić information content (AvgIpc) is 2.45. The Morgan fingerprint density at radius 2 is 1.52 bits per heavy atom. The third-order valence-electron chi connectivity index (χ3n) is 6.46. The maximum atomic E-state index is 13.0. The molecule has 5 heteroatoms. The molecule has 5 rings (SSSR count). The van der Waals surface area contributed by atoms with Crippen molar-refractivity contribution in [3.63, 3.8) is 0 Å². The monoisotopic (exact) mass is 337 g/mol. The summed E-state index contributed by atoms with van der Waals surface area (Å²) in [7, 11) is -3.59. The number of sulfonamides is 1. The topological polar surface area (TPSA) is 46.2 Å². The molecular weight excluding hydrogens is 313 g/mol. The van der Waals surface area contributed by atoms with Gasteiger partial charge in [-0.15, -0.1) is 0 Å². The van der Waals surface area contributed by atoms with Crippen molar-refractivity contribution in [1.82, 2.24) is 4.72 Å². The first kappa shape index (κ1) is 15.6. The Hall–Kier alpha value is -0.940. The maximum absolute atomic E-state index is 13.0. The van der Waals surface area contributed by atoms with E-state index in [4.69, 9.17) is 0 Å². The van der Waals surface area contributed by atoms with E-state index in [0.29, 0.717) is 0 Å². The lowest BCUT2D eigenvalue weighted by molar-refractivity contribution is -0.0666. The van der Waals surface area contributed by atoms with E-state index in [1.165, 1.54) is 43.5 Å². The van der Waals surface area contributed by atoms with E-state index in [1.807, 2.05) is 6.92 Å². The van der Waals surface area contributed by atoms with E-state index in [-0.39, 0.29) is 16.4 Å². The Morgan fingerprint density at radius 3 is 2.00 bits per heavy atom. The first-order valence-corrected chi connectivity index (χ1v) is 10.1. The second-order valence-corrected chi connectivity index (χ2v) is 9.79. The summed E-state index contributed by atoms with van der Waals surface area (Å²) in [5.74, 6) is 1.95. The third kappa shape index (κ3) is 2.72. The van der Waals surface area contributed by atoms with E-state index < -0.39 is 15.8 Å². The van der Waals surface area contributed by atoms with Crippen molar-refractivity contribution in [2.24, 2.45) is 23.2 Å². The first-order chi connectivity index (χ1) is 10.9. The largest absolute Gasteiger partial charge is 0.240 e. The van der Waals surface area contributed by atoms with Crippen molar-refractivity contribution in [3.8, 4) is 0 Å². The summed E-state index contributed by atoms with van der Waals surface area (Å²) < 4.78 is 41.2. The van der Waals surface area contributed by atoms with Crippen LogP contribution < -0.4 is 4.72 Å². The van der Waals surface area contributed by atoms with Crippen LogP contribution in [0.15, 0.2) is 29.2 Å². The van der Waals surface area contributed by atoms with Crippen LogP contribution in [0.25, 0.3) is 0 Å². The van der Waals surface area contributed by atoms with Gasteiger partial charge < -0.3 is 0 Å². The lowest BCUT2D eigenvalue weighted by Crippen LogP contribution is -2.55. The van der Waals surface area contributed by atoms with Gasteiger partial charge in [0, 0.05) is 6.04 Å². The maximum Gasteiger partial charge on any atom is 0.240 e. The minimum atomic E-state index is -3.59. The molecule has 1 N–H and O–H groups in total. The number of nitrogens with one attached hydrogen (secondary N) is 1. The van der Waals surface area contributed by atoms with E-state index in [2.05, 4.69) is 4.72 Å². The smallest absolute Gasteiger partial charge is 0.208 e. The van der Waals surface area contributed by atoms with Crippen LogP contribution in [-0.4, -0.2) is 14.5 Å². The van der Waals surface area contributed by atoms with Gasteiger partial charge in [0.2, 0.25) is 10.0 Å². The SMILES string of the molecule is C[C@@H](NS(=O)(=O)c1ccc(F)cc1)C12CC3CC(CC(C3)C1)C2. The molecule has 4 saturated carbocycles. The van der Waals surface area contributed by atoms with Crippen LogP contribution in [0.2, 0.25) is 0 Å². The van der Waals surface area contributed by atoms with Crippen molar-refractivity contribution in [3.05, 3.63) is 30.1 Å². The van der Waals surface area contributed by atoms with E-state index >= 15 is 0 Å². The van der Waals surface area contributed by atoms with Gasteiger partial charge in [0.25, 0.3) is 0 Å². The van der Waals surface area contributed by atoms with Crippen molar-refractivity contribution >= 4 is 10.0 Å². The average molecular weight is 337 g/mol. The highest BCUT2D eigenvalue weighted by molar-refractivity contribution is 7.89. The molecule has 4 aliphatic carbocycles. The minimum Gasteiger partial charge on any atom is -0.208 e. The molecule has 0 spiro atoms. The van der Waals surface area contributed by atoms with E-state index in [0.717, 1.165) is 37.0 Å². The molecule has 0 heterocycles. The van der Waals surface area contributed by atoms with E-state index in [9.17, 15) is 12.8 Å². The van der Waals surface area contributed by atoms with E-state index in [1.54, 1.807) is 0 Å². The fourth-order valence-corrected chi connectivity index (χ4v) is 7.09. The van der Waals surface area contributed by atoms with Crippen molar-refractivity contribution in [1.29, 1.82) is 0 Å². The van der Waals surface area contributed by atoms with Gasteiger partial charge >= 0.3 is 0 Å². The van der Waals surface area contributed by atoms with Crippen LogP contribution in [-0.2, 0) is 10.0 Å². The van der Waals surface area contributed by atoms with Crippen molar-refractivity contribution < 1.29 is 12.8 Å². The first-order valence-electron chi connectivity index (χ1n) is 8.64. The highest BCUT2D eigenvalue weighted by Gasteiger charge is 2.53. The zero-order valence-corrected chi connectivity index (χ0v) is 14.3. The summed E-state index contributed by atoms with van der Waals surface area (Å²) in [6.07, 6.45) is 7.51. The second-order valence-electron chi connectivity index (χ2n) is 8.08. The number of rotatable bonds is 4. The molecule has 3 nitrogen and oxygen atoms in total. The number of hydrogen-bond acceptors (Lipinski definition) is 2. The van der Waals surface area contributed by atoms with Crippen LogP contribution >= 0.6 is 0 Å². The van der Waals surface area contributed by atoms with Gasteiger partial charge in [0.05, 0.1) is 4.90 Å². The Bertz CT molecular complexity index is 663. The molecule has 4 aliphatic rings.